The fourth-order valence-electron chi connectivity index (χ4n) is 1.83. The molecule has 21 heavy (non-hydrogen) atoms. The molecule has 0 aliphatic heterocycles. The lowest BCUT2D eigenvalue weighted by molar-refractivity contribution is 0.198. The third kappa shape index (κ3) is 4.68. The minimum Gasteiger partial charge on any atom is -0.497 e. The fraction of sp³-hybridized carbons (Fsp3) is 0.294. The molecule has 0 aliphatic rings. The molecule has 2 rings (SSSR count). The van der Waals surface area contributed by atoms with Crippen molar-refractivity contribution in [2.24, 2.45) is 0 Å². The molecule has 0 radical (unpaired) electrons. The second-order valence-corrected chi connectivity index (χ2v) is 4.62. The van der Waals surface area contributed by atoms with Crippen molar-refractivity contribution in [3.05, 3.63) is 54.1 Å². The second kappa shape index (κ2) is 7.55. The van der Waals surface area contributed by atoms with E-state index < -0.39 is 6.10 Å². The van der Waals surface area contributed by atoms with Crippen molar-refractivity contribution in [3.8, 4) is 17.2 Å². The summed E-state index contributed by atoms with van der Waals surface area (Å²) < 4.78 is 16.2. The summed E-state index contributed by atoms with van der Waals surface area (Å²) in [5, 5.41) is 9.42. The summed E-state index contributed by atoms with van der Waals surface area (Å²) in [6.45, 7) is 2.66. The van der Waals surface area contributed by atoms with Crippen molar-refractivity contribution in [2.75, 3.05) is 20.3 Å². The molecule has 0 heterocycles. The van der Waals surface area contributed by atoms with Crippen LogP contribution in [0.2, 0.25) is 0 Å². The van der Waals surface area contributed by atoms with E-state index in [-0.39, 0.29) is 0 Å². The maximum Gasteiger partial charge on any atom is 0.122 e. The topological polar surface area (TPSA) is 47.9 Å². The van der Waals surface area contributed by atoms with Crippen LogP contribution >= 0.6 is 0 Å². The number of ether oxygens (including phenoxy) is 3. The Morgan fingerprint density at radius 2 is 1.24 bits per heavy atom. The lowest BCUT2D eigenvalue weighted by Gasteiger charge is -2.10. The quantitative estimate of drug-likeness (QED) is 0.795. The van der Waals surface area contributed by atoms with Crippen molar-refractivity contribution >= 4 is 0 Å². The molecular formula is C17H20O4. The van der Waals surface area contributed by atoms with Gasteiger partial charge in [0.2, 0.25) is 0 Å². The van der Waals surface area contributed by atoms with Gasteiger partial charge < -0.3 is 19.3 Å². The molecule has 0 aliphatic carbocycles. The fourth-order valence-corrected chi connectivity index (χ4v) is 1.83. The van der Waals surface area contributed by atoms with Crippen molar-refractivity contribution in [3.63, 3.8) is 0 Å². The minimum absolute atomic E-state index is 0.458. The molecule has 4 nitrogen and oxygen atoms in total. The number of rotatable bonds is 7. The Balaban J connectivity index is 1.73. The molecule has 0 amide bonds. The molecule has 0 bridgehead atoms. The molecule has 0 saturated carbocycles. The summed E-state index contributed by atoms with van der Waals surface area (Å²) in [4.78, 5) is 0. The van der Waals surface area contributed by atoms with Crippen molar-refractivity contribution in [1.29, 1.82) is 0 Å². The molecule has 0 aromatic heterocycles. The third-order valence-corrected chi connectivity index (χ3v) is 3.04. The van der Waals surface area contributed by atoms with Crippen molar-refractivity contribution < 1.29 is 19.3 Å². The number of aliphatic hydroxyl groups excluding tert-OH is 1. The average Bonchev–Trinajstić information content (AvgIpc) is 2.52. The van der Waals surface area contributed by atoms with Gasteiger partial charge in [-0.05, 0) is 48.9 Å². The Morgan fingerprint density at radius 3 is 1.67 bits per heavy atom. The number of aliphatic hydroxyl groups is 1. The molecule has 2 aromatic carbocycles. The predicted octanol–water partition coefficient (Wildman–Crippen LogP) is 3.21. The highest BCUT2D eigenvalue weighted by Crippen LogP contribution is 2.18. The molecule has 1 atom stereocenters. The maximum atomic E-state index is 9.42. The molecular weight excluding hydrogens is 268 g/mol. The lowest BCUT2D eigenvalue weighted by Crippen LogP contribution is -2.09. The lowest BCUT2D eigenvalue weighted by atomic mass is 10.1. The van der Waals surface area contributed by atoms with Gasteiger partial charge in [-0.1, -0.05) is 12.1 Å². The average molecular weight is 288 g/mol. The van der Waals surface area contributed by atoms with Gasteiger partial charge in [-0.3, -0.25) is 0 Å². The van der Waals surface area contributed by atoms with Gasteiger partial charge in [0.1, 0.15) is 30.5 Å². The first-order valence-electron chi connectivity index (χ1n) is 6.86. The van der Waals surface area contributed by atoms with Gasteiger partial charge in [0.25, 0.3) is 0 Å². The van der Waals surface area contributed by atoms with Crippen LogP contribution in [-0.2, 0) is 0 Å². The molecule has 0 saturated heterocycles. The standard InChI is InChI=1S/C17H20O4/c1-13(18)14-3-5-16(6-4-14)20-11-12-21-17-9-7-15(19-2)8-10-17/h3-10,13,18H,11-12H2,1-2H3/t13-/m0/s1. The Kier molecular flexibility index (Phi) is 5.46. The van der Waals surface area contributed by atoms with Crippen molar-refractivity contribution in [1.82, 2.24) is 0 Å². The summed E-state index contributed by atoms with van der Waals surface area (Å²) in [5.74, 6) is 2.35. The van der Waals surface area contributed by atoms with Crippen LogP contribution in [0.25, 0.3) is 0 Å². The molecule has 112 valence electrons. The van der Waals surface area contributed by atoms with E-state index in [1.807, 2.05) is 48.5 Å². The number of hydrogen-bond acceptors (Lipinski definition) is 4. The van der Waals surface area contributed by atoms with E-state index in [4.69, 9.17) is 14.2 Å². The number of benzene rings is 2. The summed E-state index contributed by atoms with van der Waals surface area (Å²) in [7, 11) is 1.63. The van der Waals surface area contributed by atoms with E-state index in [1.165, 1.54) is 0 Å². The normalized spacial score (nSPS) is 11.8. The van der Waals surface area contributed by atoms with E-state index in [0.717, 1.165) is 22.8 Å². The van der Waals surface area contributed by atoms with Gasteiger partial charge in [0.05, 0.1) is 13.2 Å². The highest BCUT2D eigenvalue weighted by molar-refractivity contribution is 5.31. The zero-order chi connectivity index (χ0) is 15.1. The van der Waals surface area contributed by atoms with Gasteiger partial charge in [-0.2, -0.15) is 0 Å². The first-order chi connectivity index (χ1) is 10.2. The SMILES string of the molecule is COc1ccc(OCCOc2ccc([C@H](C)O)cc2)cc1. The highest BCUT2D eigenvalue weighted by Gasteiger charge is 2.01. The molecule has 0 fully saturated rings. The highest BCUT2D eigenvalue weighted by atomic mass is 16.5. The molecule has 0 unspecified atom stereocenters. The van der Waals surface area contributed by atoms with Crippen molar-refractivity contribution in [2.45, 2.75) is 13.0 Å². The summed E-state index contributed by atoms with van der Waals surface area (Å²) in [6.07, 6.45) is -0.461. The van der Waals surface area contributed by atoms with Crippen LogP contribution in [0, 0.1) is 0 Å². The van der Waals surface area contributed by atoms with Gasteiger partial charge >= 0.3 is 0 Å². The zero-order valence-electron chi connectivity index (χ0n) is 12.3. The first-order valence-corrected chi connectivity index (χ1v) is 6.86. The molecule has 4 heteroatoms. The largest absolute Gasteiger partial charge is 0.497 e. The first kappa shape index (κ1) is 15.2. The third-order valence-electron chi connectivity index (χ3n) is 3.04. The molecule has 0 spiro atoms. The van der Waals surface area contributed by atoms with Crippen LogP contribution < -0.4 is 14.2 Å². The monoisotopic (exact) mass is 288 g/mol. The molecule has 1 N–H and O–H groups in total. The van der Waals surface area contributed by atoms with E-state index in [9.17, 15) is 5.11 Å². The van der Waals surface area contributed by atoms with Crippen LogP contribution in [0.15, 0.2) is 48.5 Å². The van der Waals surface area contributed by atoms with Crippen LogP contribution in [0.1, 0.15) is 18.6 Å². The summed E-state index contributed by atoms with van der Waals surface area (Å²) >= 11 is 0. The van der Waals surface area contributed by atoms with Crippen LogP contribution in [-0.4, -0.2) is 25.4 Å². The Labute approximate surface area is 124 Å². The van der Waals surface area contributed by atoms with Crippen LogP contribution in [0.3, 0.4) is 0 Å². The van der Waals surface area contributed by atoms with Gasteiger partial charge in [0, 0.05) is 0 Å². The van der Waals surface area contributed by atoms with E-state index in [0.29, 0.717) is 13.2 Å². The van der Waals surface area contributed by atoms with Gasteiger partial charge in [-0.25, -0.2) is 0 Å². The van der Waals surface area contributed by atoms with Crippen LogP contribution in [0.4, 0.5) is 0 Å². The minimum atomic E-state index is -0.461. The second-order valence-electron chi connectivity index (χ2n) is 4.62. The summed E-state index contributed by atoms with van der Waals surface area (Å²) in [5.41, 5.74) is 0.872. The van der Waals surface area contributed by atoms with Gasteiger partial charge in [-0.15, -0.1) is 0 Å². The van der Waals surface area contributed by atoms with Gasteiger partial charge in [0.15, 0.2) is 0 Å². The maximum absolute atomic E-state index is 9.42. The van der Waals surface area contributed by atoms with E-state index in [2.05, 4.69) is 0 Å². The molecule has 2 aromatic rings. The Bertz CT molecular complexity index is 532. The zero-order valence-corrected chi connectivity index (χ0v) is 12.3. The van der Waals surface area contributed by atoms with E-state index in [1.54, 1.807) is 14.0 Å². The Morgan fingerprint density at radius 1 is 0.810 bits per heavy atom. The van der Waals surface area contributed by atoms with Crippen LogP contribution in [0.5, 0.6) is 17.2 Å². The number of methoxy groups -OCH3 is 1. The smallest absolute Gasteiger partial charge is 0.122 e. The number of hydrogen-bond donors (Lipinski definition) is 1. The summed E-state index contributed by atoms with van der Waals surface area (Å²) in [6, 6.07) is 14.8. The van der Waals surface area contributed by atoms with E-state index >= 15 is 0 Å². The predicted molar refractivity (Wildman–Crippen MR) is 81.1 cm³/mol. The Hall–Kier alpha value is -2.20.